The normalized spacial score (nSPS) is 24.8. The second-order valence-electron chi connectivity index (χ2n) is 5.11. The zero-order valence-corrected chi connectivity index (χ0v) is 10.3. The highest BCUT2D eigenvalue weighted by atomic mass is 16.5. The molecule has 16 heavy (non-hydrogen) atoms. The smallest absolute Gasteiger partial charge is 0.0600 e. The molecule has 1 aliphatic carbocycles. The van der Waals surface area contributed by atoms with Gasteiger partial charge in [-0.3, -0.25) is 0 Å². The van der Waals surface area contributed by atoms with Crippen molar-refractivity contribution in [3.8, 4) is 0 Å². The third-order valence-electron chi connectivity index (χ3n) is 3.78. The third kappa shape index (κ3) is 4.40. The zero-order valence-electron chi connectivity index (χ0n) is 10.3. The summed E-state index contributed by atoms with van der Waals surface area (Å²) in [5.74, 6) is 0. The number of nitrogens with one attached hydrogen (secondary N) is 2. The van der Waals surface area contributed by atoms with Gasteiger partial charge < -0.3 is 15.4 Å². The summed E-state index contributed by atoms with van der Waals surface area (Å²) in [5, 5.41) is 6.98. The fourth-order valence-electron chi connectivity index (χ4n) is 2.76. The Balaban J connectivity index is 1.47. The lowest BCUT2D eigenvalue weighted by Gasteiger charge is -2.25. The predicted octanol–water partition coefficient (Wildman–Crippen LogP) is 1.68. The minimum Gasteiger partial charge on any atom is -0.377 e. The van der Waals surface area contributed by atoms with Gasteiger partial charge in [0.2, 0.25) is 0 Å². The molecular weight excluding hydrogens is 200 g/mol. The van der Waals surface area contributed by atoms with Crippen LogP contribution in [-0.2, 0) is 4.74 Å². The molecule has 0 atom stereocenters. The van der Waals surface area contributed by atoms with Crippen molar-refractivity contribution >= 4 is 0 Å². The number of rotatable bonds is 5. The summed E-state index contributed by atoms with van der Waals surface area (Å²) in [6, 6.07) is 0.769. The maximum absolute atomic E-state index is 5.87. The summed E-state index contributed by atoms with van der Waals surface area (Å²) < 4.78 is 5.87. The van der Waals surface area contributed by atoms with E-state index in [2.05, 4.69) is 10.6 Å². The molecule has 94 valence electrons. The van der Waals surface area contributed by atoms with Gasteiger partial charge in [-0.25, -0.2) is 0 Å². The summed E-state index contributed by atoms with van der Waals surface area (Å²) in [5.41, 5.74) is 0. The van der Waals surface area contributed by atoms with Crippen LogP contribution in [0.25, 0.3) is 0 Å². The molecule has 1 aliphatic heterocycles. The maximum Gasteiger partial charge on any atom is 0.0600 e. The average Bonchev–Trinajstić information content (AvgIpc) is 2.37. The van der Waals surface area contributed by atoms with Gasteiger partial charge in [0.05, 0.1) is 12.7 Å². The molecule has 0 radical (unpaired) electrons. The Morgan fingerprint density at radius 2 is 1.75 bits per heavy atom. The van der Waals surface area contributed by atoms with Gasteiger partial charge in [0.1, 0.15) is 0 Å². The van der Waals surface area contributed by atoms with E-state index in [1.807, 2.05) is 0 Å². The van der Waals surface area contributed by atoms with E-state index in [-0.39, 0.29) is 0 Å². The maximum atomic E-state index is 5.87. The van der Waals surface area contributed by atoms with Gasteiger partial charge in [0.25, 0.3) is 0 Å². The minimum absolute atomic E-state index is 0.509. The molecule has 2 N–H and O–H groups in total. The van der Waals surface area contributed by atoms with Crippen molar-refractivity contribution < 1.29 is 4.74 Å². The van der Waals surface area contributed by atoms with Gasteiger partial charge in [0, 0.05) is 12.6 Å². The fraction of sp³-hybridized carbons (Fsp3) is 1.00. The molecule has 1 saturated carbocycles. The van der Waals surface area contributed by atoms with Crippen LogP contribution in [-0.4, -0.2) is 38.4 Å². The molecule has 0 aromatic heterocycles. The van der Waals surface area contributed by atoms with Crippen LogP contribution in [0.5, 0.6) is 0 Å². The summed E-state index contributed by atoms with van der Waals surface area (Å²) in [6.45, 7) is 4.18. The van der Waals surface area contributed by atoms with Gasteiger partial charge in [-0.1, -0.05) is 19.3 Å². The van der Waals surface area contributed by atoms with E-state index in [1.54, 1.807) is 0 Å². The summed E-state index contributed by atoms with van der Waals surface area (Å²) in [6.07, 6.45) is 9.87. The molecule has 0 aromatic rings. The second kappa shape index (κ2) is 7.25. The zero-order chi connectivity index (χ0) is 11.1. The first kappa shape index (κ1) is 12.3. The Hall–Kier alpha value is -0.120. The van der Waals surface area contributed by atoms with Crippen LogP contribution in [0.2, 0.25) is 0 Å². The molecule has 0 spiro atoms. The lowest BCUT2D eigenvalue weighted by atomic mass is 9.96. The number of hydrogen-bond donors (Lipinski definition) is 2. The standard InChI is InChI=1S/C13H26N2O/c1-2-4-12(5-3-1)15-10-11-16-13-6-8-14-9-7-13/h12-15H,1-11H2. The molecule has 3 heteroatoms. The quantitative estimate of drug-likeness (QED) is 0.700. The first-order valence-corrected chi connectivity index (χ1v) is 7.01. The molecule has 1 saturated heterocycles. The predicted molar refractivity (Wildman–Crippen MR) is 66.7 cm³/mol. The Morgan fingerprint density at radius 3 is 2.50 bits per heavy atom. The first-order valence-electron chi connectivity index (χ1n) is 7.01. The molecule has 0 amide bonds. The topological polar surface area (TPSA) is 33.3 Å². The average molecular weight is 226 g/mol. The van der Waals surface area contributed by atoms with Crippen molar-refractivity contribution in [3.63, 3.8) is 0 Å². The van der Waals surface area contributed by atoms with Crippen molar-refractivity contribution in [2.75, 3.05) is 26.2 Å². The van der Waals surface area contributed by atoms with Crippen molar-refractivity contribution in [1.29, 1.82) is 0 Å². The third-order valence-corrected chi connectivity index (χ3v) is 3.78. The Labute approximate surface area is 99.3 Å². The Morgan fingerprint density at radius 1 is 1.00 bits per heavy atom. The van der Waals surface area contributed by atoms with Crippen LogP contribution >= 0.6 is 0 Å². The Kier molecular flexibility index (Phi) is 5.59. The number of hydrogen-bond acceptors (Lipinski definition) is 3. The van der Waals surface area contributed by atoms with Crippen LogP contribution in [0.15, 0.2) is 0 Å². The minimum atomic E-state index is 0.509. The molecule has 2 fully saturated rings. The molecule has 2 aliphatic rings. The highest BCUT2D eigenvalue weighted by Crippen LogP contribution is 2.17. The molecule has 0 aromatic carbocycles. The van der Waals surface area contributed by atoms with E-state index < -0.39 is 0 Å². The van der Waals surface area contributed by atoms with Gasteiger partial charge in [-0.15, -0.1) is 0 Å². The SMILES string of the molecule is C1CCC(NCCOC2CCNCC2)CC1. The van der Waals surface area contributed by atoms with Gasteiger partial charge in [-0.05, 0) is 38.8 Å². The summed E-state index contributed by atoms with van der Waals surface area (Å²) >= 11 is 0. The van der Waals surface area contributed by atoms with Crippen molar-refractivity contribution in [2.24, 2.45) is 0 Å². The number of piperidine rings is 1. The van der Waals surface area contributed by atoms with E-state index >= 15 is 0 Å². The van der Waals surface area contributed by atoms with Crippen molar-refractivity contribution in [3.05, 3.63) is 0 Å². The van der Waals surface area contributed by atoms with E-state index in [9.17, 15) is 0 Å². The van der Waals surface area contributed by atoms with E-state index in [1.165, 1.54) is 44.9 Å². The molecule has 1 heterocycles. The molecule has 0 unspecified atom stereocenters. The highest BCUT2D eigenvalue weighted by Gasteiger charge is 2.14. The largest absolute Gasteiger partial charge is 0.377 e. The van der Waals surface area contributed by atoms with Crippen LogP contribution in [0, 0.1) is 0 Å². The lowest BCUT2D eigenvalue weighted by molar-refractivity contribution is 0.0334. The van der Waals surface area contributed by atoms with Crippen LogP contribution in [0.3, 0.4) is 0 Å². The molecular formula is C13H26N2O. The lowest BCUT2D eigenvalue weighted by Crippen LogP contribution is -2.36. The first-order chi connectivity index (χ1) is 7.95. The van der Waals surface area contributed by atoms with Crippen LogP contribution in [0.4, 0.5) is 0 Å². The van der Waals surface area contributed by atoms with Crippen LogP contribution in [0.1, 0.15) is 44.9 Å². The van der Waals surface area contributed by atoms with Crippen molar-refractivity contribution in [1.82, 2.24) is 10.6 Å². The molecule has 3 nitrogen and oxygen atoms in total. The van der Waals surface area contributed by atoms with Gasteiger partial charge in [0.15, 0.2) is 0 Å². The highest BCUT2D eigenvalue weighted by molar-refractivity contribution is 4.72. The van der Waals surface area contributed by atoms with E-state index in [0.717, 1.165) is 32.3 Å². The van der Waals surface area contributed by atoms with E-state index in [4.69, 9.17) is 4.74 Å². The van der Waals surface area contributed by atoms with Gasteiger partial charge in [-0.2, -0.15) is 0 Å². The van der Waals surface area contributed by atoms with Gasteiger partial charge >= 0.3 is 0 Å². The van der Waals surface area contributed by atoms with E-state index in [0.29, 0.717) is 6.10 Å². The molecule has 2 rings (SSSR count). The summed E-state index contributed by atoms with van der Waals surface area (Å²) in [7, 11) is 0. The summed E-state index contributed by atoms with van der Waals surface area (Å²) in [4.78, 5) is 0. The van der Waals surface area contributed by atoms with Crippen LogP contribution < -0.4 is 10.6 Å². The number of ether oxygens (including phenoxy) is 1. The second-order valence-corrected chi connectivity index (χ2v) is 5.11. The molecule has 0 bridgehead atoms. The fourth-order valence-corrected chi connectivity index (χ4v) is 2.76. The monoisotopic (exact) mass is 226 g/mol. The van der Waals surface area contributed by atoms with Crippen molar-refractivity contribution in [2.45, 2.75) is 57.1 Å². The Bertz CT molecular complexity index is 155.